The van der Waals surface area contributed by atoms with Gasteiger partial charge in [0.05, 0.1) is 11.6 Å². The Labute approximate surface area is 270 Å². The molecule has 0 radical (unpaired) electrons. The van der Waals surface area contributed by atoms with E-state index in [-0.39, 0.29) is 49.9 Å². The summed E-state index contributed by atoms with van der Waals surface area (Å²) in [4.78, 5) is 75.4. The number of aliphatic hydroxyl groups excluding tert-OH is 3. The second kappa shape index (κ2) is 16.1. The van der Waals surface area contributed by atoms with Crippen molar-refractivity contribution in [2.24, 2.45) is 23.5 Å². The number of benzene rings is 1. The van der Waals surface area contributed by atoms with Gasteiger partial charge in [0.2, 0.25) is 29.9 Å². The summed E-state index contributed by atoms with van der Waals surface area (Å²) in [6.07, 6.45) is -9.82. The second-order valence-corrected chi connectivity index (χ2v) is 11.9. The molecule has 0 aromatic heterocycles. The highest BCUT2D eigenvalue weighted by molar-refractivity contribution is 6.07. The number of rotatable bonds is 14. The predicted octanol–water partition coefficient (Wildman–Crippen LogP) is -1.54. The number of nitrogens with two attached hydrogens (primary N) is 1. The highest BCUT2D eigenvalue weighted by Crippen LogP contribution is 2.31. The van der Waals surface area contributed by atoms with E-state index in [1.54, 1.807) is 27.7 Å². The summed E-state index contributed by atoms with van der Waals surface area (Å²) in [7, 11) is 0. The molecule has 2 fully saturated rings. The maximum Gasteiger partial charge on any atom is 0.335 e. The molecule has 260 valence electrons. The van der Waals surface area contributed by atoms with Crippen LogP contribution < -0.4 is 21.1 Å². The standard InChI is InChI=1S/C30H42N4O13/c1-13(2)16-10-21(36)34(27(16)41)18(11-31)26(40)32-8-7-20(35)33-17-9-15(12-45-29(44)14(3)4)5-6-19(17)46-30-24(39)22(37)23(38)25(47-30)28(42)43/h5-6,9,13-14,16,18,22-25,30,37-39H,7-8,10-12,31H2,1-4H3,(H,32,40)(H,33,35)(H,42,43). The van der Waals surface area contributed by atoms with E-state index in [0.29, 0.717) is 5.56 Å². The third-order valence-electron chi connectivity index (χ3n) is 7.74. The molecule has 17 heteroatoms. The lowest BCUT2D eigenvalue weighted by Crippen LogP contribution is -2.61. The summed E-state index contributed by atoms with van der Waals surface area (Å²) in [6.45, 7) is 6.16. The van der Waals surface area contributed by atoms with Crippen molar-refractivity contribution in [2.45, 2.75) is 83.9 Å². The van der Waals surface area contributed by atoms with Crippen LogP contribution in [0.25, 0.3) is 0 Å². The molecule has 0 spiro atoms. The van der Waals surface area contributed by atoms with Gasteiger partial charge < -0.3 is 51.0 Å². The number of hydrogen-bond acceptors (Lipinski definition) is 13. The van der Waals surface area contributed by atoms with Gasteiger partial charge in [-0.1, -0.05) is 33.8 Å². The number of nitrogens with one attached hydrogen (secondary N) is 2. The maximum absolute atomic E-state index is 12.9. The summed E-state index contributed by atoms with van der Waals surface area (Å²) in [5.41, 5.74) is 6.10. The Morgan fingerprint density at radius 1 is 1.06 bits per heavy atom. The van der Waals surface area contributed by atoms with Gasteiger partial charge in [0.15, 0.2) is 6.10 Å². The lowest BCUT2D eigenvalue weighted by atomic mass is 9.94. The average Bonchev–Trinajstić information content (AvgIpc) is 3.30. The molecular weight excluding hydrogens is 624 g/mol. The minimum atomic E-state index is -1.95. The van der Waals surface area contributed by atoms with Gasteiger partial charge in [-0.25, -0.2) is 4.79 Å². The molecule has 8 N–H and O–H groups in total. The number of carboxylic acids is 1. The Morgan fingerprint density at radius 2 is 1.74 bits per heavy atom. The zero-order valence-electron chi connectivity index (χ0n) is 26.5. The highest BCUT2D eigenvalue weighted by atomic mass is 16.7. The number of aliphatic carboxylic acids is 1. The summed E-state index contributed by atoms with van der Waals surface area (Å²) in [6, 6.07) is 2.91. The summed E-state index contributed by atoms with van der Waals surface area (Å²) < 4.78 is 16.0. The average molecular weight is 667 g/mol. The van der Waals surface area contributed by atoms with Crippen molar-refractivity contribution in [1.29, 1.82) is 0 Å². The minimum absolute atomic E-state index is 0.0255. The van der Waals surface area contributed by atoms with Crippen molar-refractivity contribution < 1.29 is 63.4 Å². The lowest BCUT2D eigenvalue weighted by molar-refractivity contribution is -0.271. The van der Waals surface area contributed by atoms with Crippen LogP contribution in [0.15, 0.2) is 18.2 Å². The van der Waals surface area contributed by atoms with Gasteiger partial charge in [-0.3, -0.25) is 28.9 Å². The topological polar surface area (TPSA) is 264 Å². The number of carboxylic acid groups (broad SMARTS) is 1. The van der Waals surface area contributed by atoms with E-state index in [1.807, 2.05) is 0 Å². The van der Waals surface area contributed by atoms with Gasteiger partial charge >= 0.3 is 11.9 Å². The number of aliphatic hydroxyl groups is 3. The van der Waals surface area contributed by atoms with Gasteiger partial charge in [0.1, 0.15) is 36.7 Å². The third kappa shape index (κ3) is 9.01. The molecular formula is C30H42N4O13. The zero-order valence-corrected chi connectivity index (χ0v) is 26.5. The van der Waals surface area contributed by atoms with E-state index < -0.39 is 84.2 Å². The molecule has 17 nitrogen and oxygen atoms in total. The van der Waals surface area contributed by atoms with Crippen LogP contribution in [-0.4, -0.2) is 111 Å². The Morgan fingerprint density at radius 3 is 2.32 bits per heavy atom. The fourth-order valence-corrected chi connectivity index (χ4v) is 4.95. The fraction of sp³-hybridized carbons (Fsp3) is 0.600. The number of nitrogens with zero attached hydrogens (tertiary/aromatic N) is 1. The lowest BCUT2D eigenvalue weighted by Gasteiger charge is -2.38. The Kier molecular flexibility index (Phi) is 12.8. The number of imide groups is 1. The molecule has 2 heterocycles. The van der Waals surface area contributed by atoms with Crippen LogP contribution in [0.3, 0.4) is 0 Å². The van der Waals surface area contributed by atoms with Gasteiger partial charge in [-0.15, -0.1) is 0 Å². The minimum Gasteiger partial charge on any atom is -0.479 e. The van der Waals surface area contributed by atoms with Gasteiger partial charge in [0.25, 0.3) is 0 Å². The largest absolute Gasteiger partial charge is 0.479 e. The van der Waals surface area contributed by atoms with Gasteiger partial charge in [0, 0.05) is 31.8 Å². The van der Waals surface area contributed by atoms with Crippen molar-refractivity contribution in [3.8, 4) is 5.75 Å². The first-order valence-corrected chi connectivity index (χ1v) is 15.1. The molecule has 4 amide bonds. The summed E-state index contributed by atoms with van der Waals surface area (Å²) in [5.74, 6) is -5.69. The number of anilines is 1. The maximum atomic E-state index is 12.9. The van der Waals surface area contributed by atoms with E-state index in [0.717, 1.165) is 4.90 Å². The molecule has 0 aliphatic carbocycles. The number of ether oxygens (including phenoxy) is 3. The van der Waals surface area contributed by atoms with E-state index in [2.05, 4.69) is 10.6 Å². The number of carbonyl (C=O) groups excluding carboxylic acids is 5. The first-order valence-electron chi connectivity index (χ1n) is 15.1. The van der Waals surface area contributed by atoms with Crippen LogP contribution >= 0.6 is 0 Å². The number of esters is 1. The smallest absolute Gasteiger partial charge is 0.335 e. The molecule has 1 aromatic carbocycles. The van der Waals surface area contributed by atoms with E-state index >= 15 is 0 Å². The Hall–Kier alpha value is -4.16. The fourth-order valence-electron chi connectivity index (χ4n) is 4.95. The Balaban J connectivity index is 1.72. The molecule has 2 aliphatic heterocycles. The van der Waals surface area contributed by atoms with Gasteiger partial charge in [-0.2, -0.15) is 0 Å². The first-order chi connectivity index (χ1) is 22.1. The molecule has 0 saturated carbocycles. The predicted molar refractivity (Wildman–Crippen MR) is 160 cm³/mol. The number of likely N-dealkylation sites (tertiary alicyclic amines) is 1. The zero-order chi connectivity index (χ0) is 35.2. The van der Waals surface area contributed by atoms with Crippen LogP contribution in [0.2, 0.25) is 0 Å². The first kappa shape index (κ1) is 37.3. The molecule has 7 atom stereocenters. The van der Waals surface area contributed by atoms with Crippen LogP contribution in [0.5, 0.6) is 5.75 Å². The van der Waals surface area contributed by atoms with Gasteiger partial charge in [-0.05, 0) is 23.6 Å². The van der Waals surface area contributed by atoms with E-state index in [1.165, 1.54) is 18.2 Å². The molecule has 2 saturated heterocycles. The van der Waals surface area contributed by atoms with Crippen molar-refractivity contribution in [3.05, 3.63) is 23.8 Å². The van der Waals surface area contributed by atoms with Crippen LogP contribution in [0.4, 0.5) is 5.69 Å². The molecule has 0 bridgehead atoms. The van der Waals surface area contributed by atoms with Crippen LogP contribution in [-0.2, 0) is 44.8 Å². The molecule has 47 heavy (non-hydrogen) atoms. The molecule has 3 rings (SSSR count). The number of carbonyl (C=O) groups is 6. The monoisotopic (exact) mass is 666 g/mol. The molecule has 1 aromatic rings. The number of hydrogen-bond donors (Lipinski definition) is 7. The third-order valence-corrected chi connectivity index (χ3v) is 7.74. The summed E-state index contributed by atoms with van der Waals surface area (Å²) in [5, 5.41) is 44.9. The quantitative estimate of drug-likeness (QED) is 0.0877. The normalized spacial score (nSPS) is 25.1. The van der Waals surface area contributed by atoms with Crippen molar-refractivity contribution in [1.82, 2.24) is 10.2 Å². The Bertz CT molecular complexity index is 1350. The van der Waals surface area contributed by atoms with Crippen molar-refractivity contribution in [2.75, 3.05) is 18.4 Å². The highest BCUT2D eigenvalue weighted by Gasteiger charge is 2.48. The van der Waals surface area contributed by atoms with Crippen molar-refractivity contribution >= 4 is 41.3 Å². The van der Waals surface area contributed by atoms with Crippen molar-refractivity contribution in [3.63, 3.8) is 0 Å². The second-order valence-electron chi connectivity index (χ2n) is 11.9. The SMILES string of the molecule is CC(C)C(=O)OCc1ccc(OC2OC(C(=O)O)C(O)C(O)C2O)c(NC(=O)CCNC(=O)C(CN)N2C(=O)CC(C(C)C)C2=O)c1. The van der Waals surface area contributed by atoms with Crippen LogP contribution in [0, 0.1) is 17.8 Å². The van der Waals surface area contributed by atoms with Crippen LogP contribution in [0.1, 0.15) is 46.1 Å². The number of amides is 4. The van der Waals surface area contributed by atoms with E-state index in [9.17, 15) is 49.2 Å². The molecule has 7 unspecified atom stereocenters. The summed E-state index contributed by atoms with van der Waals surface area (Å²) >= 11 is 0. The molecule has 2 aliphatic rings. The van der Waals surface area contributed by atoms with E-state index in [4.69, 9.17) is 19.9 Å².